The van der Waals surface area contributed by atoms with Crippen molar-refractivity contribution in [2.75, 3.05) is 41.1 Å². The molecule has 2 spiro atoms. The second-order valence-corrected chi connectivity index (χ2v) is 19.3. The predicted molar refractivity (Wildman–Crippen MR) is 204 cm³/mol. The van der Waals surface area contributed by atoms with Gasteiger partial charge in [0.05, 0.1) is 30.7 Å². The van der Waals surface area contributed by atoms with Crippen LogP contribution in [0.15, 0.2) is 85.1 Å². The summed E-state index contributed by atoms with van der Waals surface area (Å²) in [5.74, 6) is -0.493. The lowest BCUT2D eigenvalue weighted by Crippen LogP contribution is -2.55. The highest BCUT2D eigenvalue weighted by Gasteiger charge is 2.66. The van der Waals surface area contributed by atoms with E-state index in [4.69, 9.17) is 4.74 Å². The summed E-state index contributed by atoms with van der Waals surface area (Å²) in [5.41, 5.74) is 2.55. The zero-order valence-corrected chi connectivity index (χ0v) is 31.6. The Morgan fingerprint density at radius 2 is 1.72 bits per heavy atom. The van der Waals surface area contributed by atoms with Crippen LogP contribution in [0.25, 0.3) is 0 Å². The van der Waals surface area contributed by atoms with E-state index in [0.29, 0.717) is 31.7 Å². The van der Waals surface area contributed by atoms with E-state index in [1.807, 2.05) is 78.6 Å². The average Bonchev–Trinajstić information content (AvgIpc) is 3.87. The van der Waals surface area contributed by atoms with Gasteiger partial charge in [-0.2, -0.15) is 0 Å². The molecule has 0 bridgehead atoms. The number of halogens is 1. The molecule has 53 heavy (non-hydrogen) atoms. The van der Waals surface area contributed by atoms with Gasteiger partial charge in [-0.05, 0) is 81.3 Å². The van der Waals surface area contributed by atoms with Crippen molar-refractivity contribution in [2.24, 2.45) is 5.92 Å². The Bertz CT molecular complexity index is 1980. The number of aryl methyl sites for hydroxylation is 1. The van der Waals surface area contributed by atoms with Gasteiger partial charge in [0, 0.05) is 54.2 Å². The van der Waals surface area contributed by atoms with Crippen LogP contribution in [0.5, 0.6) is 0 Å². The quantitative estimate of drug-likeness (QED) is 0.170. The van der Waals surface area contributed by atoms with Crippen molar-refractivity contribution in [3.05, 3.63) is 102 Å². The number of piperidine rings is 1. The van der Waals surface area contributed by atoms with Gasteiger partial charge in [0.25, 0.3) is 11.8 Å². The molecule has 11 nitrogen and oxygen atoms in total. The number of hydrogen-bond acceptors (Lipinski definition) is 8. The summed E-state index contributed by atoms with van der Waals surface area (Å²) in [4.78, 5) is 35.2. The van der Waals surface area contributed by atoms with Crippen LogP contribution in [0.3, 0.4) is 0 Å². The summed E-state index contributed by atoms with van der Waals surface area (Å²) in [5, 5.41) is 21.1. The average molecular weight is 738 g/mol. The molecule has 5 heterocycles. The summed E-state index contributed by atoms with van der Waals surface area (Å²) in [6.45, 7) is 8.09. The van der Waals surface area contributed by atoms with Gasteiger partial charge in [0.1, 0.15) is 5.54 Å². The smallest absolute Gasteiger partial charge is 0.264 e. The van der Waals surface area contributed by atoms with Crippen LogP contribution >= 0.6 is 0 Å². The van der Waals surface area contributed by atoms with Crippen molar-refractivity contribution in [1.82, 2.24) is 20.3 Å². The van der Waals surface area contributed by atoms with Crippen molar-refractivity contribution in [3.8, 4) is 0 Å². The topological polar surface area (TPSA) is 116 Å². The maximum absolute atomic E-state index is 16.3. The van der Waals surface area contributed by atoms with Crippen molar-refractivity contribution in [2.45, 2.75) is 81.6 Å². The van der Waals surface area contributed by atoms with E-state index in [-0.39, 0.29) is 25.0 Å². The van der Waals surface area contributed by atoms with Crippen molar-refractivity contribution >= 4 is 37.3 Å². The first-order chi connectivity index (χ1) is 25.6. The summed E-state index contributed by atoms with van der Waals surface area (Å²) < 4.78 is 25.0. The lowest BCUT2D eigenvalue weighted by atomic mass is 9.82. The Kier molecular flexibility index (Phi) is 9.24. The van der Waals surface area contributed by atoms with Crippen molar-refractivity contribution in [1.29, 1.82) is 0 Å². The number of amides is 2. The fourth-order valence-corrected chi connectivity index (χ4v) is 12.1. The van der Waals surface area contributed by atoms with Gasteiger partial charge >= 0.3 is 0 Å². The molecule has 2 N–H and O–H groups in total. The summed E-state index contributed by atoms with van der Waals surface area (Å²) >= 11 is 0. The Balaban J connectivity index is 1.08. The number of fused-ring (bicyclic) bond motifs is 2. The van der Waals surface area contributed by atoms with E-state index in [9.17, 15) is 14.7 Å². The first-order valence-corrected chi connectivity index (χ1v) is 21.7. The molecule has 3 aromatic carbocycles. The number of para-hydroxylation sites is 2. The van der Waals surface area contributed by atoms with Gasteiger partial charge < -0.3 is 29.1 Å². The van der Waals surface area contributed by atoms with Gasteiger partial charge in [0.15, 0.2) is 5.60 Å². The normalized spacial score (nSPS) is 25.3. The Morgan fingerprint density at radius 3 is 2.47 bits per heavy atom. The number of carbonyl (C=O) groups is 2. The third-order valence-corrected chi connectivity index (χ3v) is 14.4. The third kappa shape index (κ3) is 5.98. The standard InChI is InChI=1S/C40H48FN7O4Si/c1-28-36(53(2,3)41)35(16-22-45-26-30(17-23-49)43-44-45)52-40(28)33-14-7-8-15-34(33)46(38(40)51)25-29-10-9-13-32(24-29)47-27-48(31-11-5-4-6-12-31)39(37(47)50)18-20-42-21-19-39/h4-15,24,26,28,35-36,42,49H,16-23,25,27H2,1-3H3/t28-,35+,36-,40+/m0/s1. The summed E-state index contributed by atoms with van der Waals surface area (Å²) in [6.07, 6.45) is 3.62. The molecule has 3 saturated heterocycles. The van der Waals surface area contributed by atoms with Crippen LogP contribution in [0.4, 0.5) is 21.2 Å². The van der Waals surface area contributed by atoms with E-state index in [1.54, 1.807) is 28.9 Å². The first kappa shape index (κ1) is 35.6. The number of aromatic nitrogens is 3. The zero-order chi connectivity index (χ0) is 37.0. The third-order valence-electron chi connectivity index (χ3n) is 12.0. The molecular formula is C40H48FN7O4Si. The number of anilines is 3. The van der Waals surface area contributed by atoms with Gasteiger partial charge in [-0.1, -0.05) is 60.7 Å². The predicted octanol–water partition coefficient (Wildman–Crippen LogP) is 5.16. The number of aliphatic hydroxyl groups excluding tert-OH is 1. The van der Waals surface area contributed by atoms with E-state index in [1.165, 1.54) is 0 Å². The number of ether oxygens (including phenoxy) is 1. The number of benzene rings is 3. The van der Waals surface area contributed by atoms with Crippen LogP contribution in [-0.2, 0) is 39.4 Å². The highest BCUT2D eigenvalue weighted by atomic mass is 28.4. The molecule has 4 aliphatic rings. The monoisotopic (exact) mass is 737 g/mol. The number of rotatable bonds is 10. The van der Waals surface area contributed by atoms with E-state index < -0.39 is 37.1 Å². The SMILES string of the molecule is C[C@H]1[C@H]([Si](C)(C)F)[C@@H](CCn2cc(CCO)nn2)O[C@]12C(=O)N(Cc1cccc(N3CN(c4ccccc4)C4(CCNCC4)C3=O)c1)c1ccccc12. The minimum atomic E-state index is -3.33. The number of nitrogens with zero attached hydrogens (tertiary/aromatic N) is 6. The van der Waals surface area contributed by atoms with Gasteiger partial charge in [-0.25, -0.2) is 0 Å². The van der Waals surface area contributed by atoms with Crippen LogP contribution in [0.1, 0.15) is 43.0 Å². The minimum absolute atomic E-state index is 0.0155. The van der Waals surface area contributed by atoms with E-state index in [0.717, 1.165) is 54.1 Å². The lowest BCUT2D eigenvalue weighted by Gasteiger charge is -2.39. The Hall–Kier alpha value is -4.43. The second kappa shape index (κ2) is 13.8. The van der Waals surface area contributed by atoms with E-state index in [2.05, 4.69) is 32.7 Å². The minimum Gasteiger partial charge on any atom is -0.396 e. The molecule has 1 aromatic heterocycles. The van der Waals surface area contributed by atoms with Crippen molar-refractivity contribution in [3.63, 3.8) is 0 Å². The molecule has 0 unspecified atom stereocenters. The summed E-state index contributed by atoms with van der Waals surface area (Å²) in [6, 6.07) is 25.8. The molecule has 13 heteroatoms. The molecular weight excluding hydrogens is 690 g/mol. The number of hydrogen-bond donors (Lipinski definition) is 2. The molecule has 8 rings (SSSR count). The Labute approximate surface area is 310 Å². The Morgan fingerprint density at radius 1 is 0.981 bits per heavy atom. The second-order valence-electron chi connectivity index (χ2n) is 15.5. The molecule has 0 radical (unpaired) electrons. The fraction of sp³-hybridized carbons (Fsp3) is 0.450. The highest BCUT2D eigenvalue weighted by Crippen LogP contribution is 2.60. The molecule has 4 aliphatic heterocycles. The number of nitrogens with one attached hydrogen (secondary N) is 1. The largest absolute Gasteiger partial charge is 0.396 e. The number of aliphatic hydroxyl groups is 1. The molecule has 3 fully saturated rings. The molecule has 4 atom stereocenters. The summed E-state index contributed by atoms with van der Waals surface area (Å²) in [7, 11) is -3.33. The number of carbonyl (C=O) groups excluding carboxylic acids is 2. The van der Waals surface area contributed by atoms with Gasteiger partial charge in [-0.3, -0.25) is 19.2 Å². The molecule has 4 aromatic rings. The maximum Gasteiger partial charge on any atom is 0.264 e. The molecule has 0 saturated carbocycles. The fourth-order valence-electron chi connectivity index (χ4n) is 9.54. The maximum atomic E-state index is 16.3. The van der Waals surface area contributed by atoms with Crippen LogP contribution in [0.2, 0.25) is 18.6 Å². The van der Waals surface area contributed by atoms with Gasteiger partial charge in [0.2, 0.25) is 8.41 Å². The van der Waals surface area contributed by atoms with Crippen LogP contribution in [-0.4, -0.2) is 78.3 Å². The molecule has 2 amide bonds. The van der Waals surface area contributed by atoms with Gasteiger partial charge in [-0.15, -0.1) is 5.10 Å². The molecule has 278 valence electrons. The zero-order valence-electron chi connectivity index (χ0n) is 30.6. The van der Waals surface area contributed by atoms with Crippen molar-refractivity contribution < 1.29 is 23.5 Å². The van der Waals surface area contributed by atoms with Crippen LogP contribution < -0.4 is 20.0 Å². The lowest BCUT2D eigenvalue weighted by molar-refractivity contribution is -0.146. The molecule has 0 aliphatic carbocycles. The first-order valence-electron chi connectivity index (χ1n) is 18.8. The van der Waals surface area contributed by atoms with Crippen LogP contribution in [0, 0.1) is 5.92 Å². The van der Waals surface area contributed by atoms with E-state index >= 15 is 4.11 Å². The highest BCUT2D eigenvalue weighted by molar-refractivity contribution is 6.72.